The molecule has 0 aliphatic rings. The summed E-state index contributed by atoms with van der Waals surface area (Å²) in [5.41, 5.74) is 4.45. The number of carbonyl (C=O) groups is 1. The molecule has 3 aromatic carbocycles. The van der Waals surface area contributed by atoms with Crippen molar-refractivity contribution in [3.8, 4) is 28.6 Å². The summed E-state index contributed by atoms with van der Waals surface area (Å²) in [7, 11) is 1.63. The molecule has 0 spiro atoms. The number of fused-ring (bicyclic) bond motifs is 1. The van der Waals surface area contributed by atoms with Gasteiger partial charge < -0.3 is 14.4 Å². The molecule has 28 heavy (non-hydrogen) atoms. The number of hydrogen-bond acceptors (Lipinski definition) is 3. The fourth-order valence-electron chi connectivity index (χ4n) is 3.28. The highest BCUT2D eigenvalue weighted by atomic mass is 16.5. The lowest BCUT2D eigenvalue weighted by Crippen LogP contribution is -1.97. The zero-order valence-electron chi connectivity index (χ0n) is 15.1. The van der Waals surface area contributed by atoms with Crippen molar-refractivity contribution < 1.29 is 14.6 Å². The first-order valence-electron chi connectivity index (χ1n) is 8.64. The van der Waals surface area contributed by atoms with Gasteiger partial charge in [-0.05, 0) is 59.7 Å². The Labute approximate surface area is 161 Å². The highest BCUT2D eigenvalue weighted by molar-refractivity contribution is 5.92. The molecule has 1 aromatic heterocycles. The van der Waals surface area contributed by atoms with Gasteiger partial charge in [-0.25, -0.2) is 4.79 Å². The van der Waals surface area contributed by atoms with Crippen LogP contribution in [0.15, 0.2) is 72.9 Å². The monoisotopic (exact) mass is 368 g/mol. The van der Waals surface area contributed by atoms with Crippen molar-refractivity contribution in [3.63, 3.8) is 0 Å². The summed E-state index contributed by atoms with van der Waals surface area (Å²) < 4.78 is 7.20. The third-order valence-corrected chi connectivity index (χ3v) is 4.72. The Hall–Kier alpha value is -4.04. The second kappa shape index (κ2) is 6.93. The Morgan fingerprint density at radius 1 is 1.04 bits per heavy atom. The quantitative estimate of drug-likeness (QED) is 0.557. The fourth-order valence-corrected chi connectivity index (χ4v) is 3.28. The van der Waals surface area contributed by atoms with Crippen molar-refractivity contribution >= 4 is 16.9 Å². The maximum Gasteiger partial charge on any atom is 0.335 e. The molecule has 0 saturated heterocycles. The van der Waals surface area contributed by atoms with Crippen molar-refractivity contribution in [2.75, 3.05) is 7.11 Å². The molecule has 4 rings (SSSR count). The van der Waals surface area contributed by atoms with E-state index in [2.05, 4.69) is 6.07 Å². The highest BCUT2D eigenvalue weighted by Crippen LogP contribution is 2.31. The average molecular weight is 368 g/mol. The molecule has 0 fully saturated rings. The first kappa shape index (κ1) is 17.4. The molecule has 0 saturated carbocycles. The number of carboxylic acid groups (broad SMARTS) is 1. The molecule has 136 valence electrons. The summed E-state index contributed by atoms with van der Waals surface area (Å²) in [4.78, 5) is 11.1. The number of rotatable bonds is 4. The minimum Gasteiger partial charge on any atom is -0.497 e. The van der Waals surface area contributed by atoms with E-state index in [0.717, 1.165) is 33.5 Å². The summed E-state index contributed by atoms with van der Waals surface area (Å²) in [6, 6.07) is 22.6. The van der Waals surface area contributed by atoms with Crippen LogP contribution in [0, 0.1) is 11.3 Å². The first-order chi connectivity index (χ1) is 13.6. The third-order valence-electron chi connectivity index (χ3n) is 4.72. The molecule has 0 amide bonds. The average Bonchev–Trinajstić information content (AvgIpc) is 3.12. The van der Waals surface area contributed by atoms with E-state index in [4.69, 9.17) is 9.84 Å². The summed E-state index contributed by atoms with van der Waals surface area (Å²) in [5, 5.41) is 19.5. The molecule has 0 atom stereocenters. The van der Waals surface area contributed by atoms with Gasteiger partial charge in [-0.2, -0.15) is 5.26 Å². The van der Waals surface area contributed by atoms with Gasteiger partial charge in [-0.3, -0.25) is 0 Å². The minimum absolute atomic E-state index is 0.223. The van der Waals surface area contributed by atoms with E-state index >= 15 is 0 Å². The van der Waals surface area contributed by atoms with Crippen LogP contribution < -0.4 is 4.74 Å². The Bertz CT molecular complexity index is 1230. The van der Waals surface area contributed by atoms with E-state index in [1.807, 2.05) is 47.0 Å². The van der Waals surface area contributed by atoms with Crippen LogP contribution in [0.1, 0.15) is 15.9 Å². The van der Waals surface area contributed by atoms with Gasteiger partial charge in [0, 0.05) is 17.3 Å². The van der Waals surface area contributed by atoms with Crippen LogP contribution in [0.4, 0.5) is 0 Å². The van der Waals surface area contributed by atoms with Crippen molar-refractivity contribution in [1.29, 1.82) is 5.26 Å². The fraction of sp³-hybridized carbons (Fsp3) is 0.0435. The van der Waals surface area contributed by atoms with Crippen LogP contribution in [-0.2, 0) is 0 Å². The Balaban J connectivity index is 1.84. The molecular formula is C23H16N2O3. The van der Waals surface area contributed by atoms with E-state index in [9.17, 15) is 10.1 Å². The Morgan fingerprint density at radius 2 is 1.79 bits per heavy atom. The maximum absolute atomic E-state index is 11.1. The van der Waals surface area contributed by atoms with Crippen LogP contribution in [0.3, 0.4) is 0 Å². The number of nitriles is 1. The number of aromatic carboxylic acids is 1. The van der Waals surface area contributed by atoms with Crippen molar-refractivity contribution in [3.05, 3.63) is 84.1 Å². The smallest absolute Gasteiger partial charge is 0.335 e. The first-order valence-corrected chi connectivity index (χ1v) is 8.64. The number of methoxy groups -OCH3 is 1. The van der Waals surface area contributed by atoms with Gasteiger partial charge in [0.2, 0.25) is 0 Å². The van der Waals surface area contributed by atoms with Crippen molar-refractivity contribution in [1.82, 2.24) is 4.57 Å². The second-order valence-corrected chi connectivity index (χ2v) is 6.34. The van der Waals surface area contributed by atoms with E-state index in [-0.39, 0.29) is 5.56 Å². The zero-order chi connectivity index (χ0) is 19.7. The van der Waals surface area contributed by atoms with Crippen molar-refractivity contribution in [2.24, 2.45) is 0 Å². The summed E-state index contributed by atoms with van der Waals surface area (Å²) in [6.07, 6.45) is 1.77. The molecular weight excluding hydrogens is 352 g/mol. The van der Waals surface area contributed by atoms with Gasteiger partial charge in [0.15, 0.2) is 0 Å². The van der Waals surface area contributed by atoms with E-state index in [0.29, 0.717) is 5.56 Å². The third kappa shape index (κ3) is 2.97. The number of hydrogen-bond donors (Lipinski definition) is 1. The predicted octanol–water partition coefficient (Wildman–Crippen LogP) is 4.88. The van der Waals surface area contributed by atoms with Crippen LogP contribution in [0.2, 0.25) is 0 Å². The highest BCUT2D eigenvalue weighted by Gasteiger charge is 2.12. The van der Waals surface area contributed by atoms with Gasteiger partial charge >= 0.3 is 5.97 Å². The Kier molecular flexibility index (Phi) is 4.30. The summed E-state index contributed by atoms with van der Waals surface area (Å²) in [5.74, 6) is -0.196. The van der Waals surface area contributed by atoms with Gasteiger partial charge in [0.05, 0.1) is 23.8 Å². The molecule has 5 heteroatoms. The van der Waals surface area contributed by atoms with Crippen molar-refractivity contribution in [2.45, 2.75) is 0 Å². The number of aromatic nitrogens is 1. The largest absolute Gasteiger partial charge is 0.497 e. The number of benzene rings is 3. The van der Waals surface area contributed by atoms with Gasteiger partial charge in [0.25, 0.3) is 0 Å². The molecule has 4 aromatic rings. The topological polar surface area (TPSA) is 75.2 Å². The Morgan fingerprint density at radius 3 is 2.46 bits per heavy atom. The molecule has 1 heterocycles. The van der Waals surface area contributed by atoms with Crippen LogP contribution in [0.25, 0.3) is 27.7 Å². The molecule has 0 aliphatic heterocycles. The standard InChI is InChI=1S/C23H16N2O3/c1-28-20-4-2-3-16(11-20)17-7-10-22-21(12-17)18(13-24)14-25(22)19-8-5-15(6-9-19)23(26)27/h2-12,14H,1H3,(H,26,27). The maximum atomic E-state index is 11.1. The van der Waals surface area contributed by atoms with E-state index in [1.165, 1.54) is 0 Å². The lowest BCUT2D eigenvalue weighted by molar-refractivity contribution is 0.0697. The molecule has 0 radical (unpaired) electrons. The molecule has 1 N–H and O–H groups in total. The molecule has 0 bridgehead atoms. The predicted molar refractivity (Wildman–Crippen MR) is 107 cm³/mol. The van der Waals surface area contributed by atoms with Crippen LogP contribution in [-0.4, -0.2) is 22.8 Å². The lowest BCUT2D eigenvalue weighted by atomic mass is 10.0. The van der Waals surface area contributed by atoms with Crippen LogP contribution >= 0.6 is 0 Å². The van der Waals surface area contributed by atoms with Gasteiger partial charge in [-0.15, -0.1) is 0 Å². The number of carboxylic acids is 1. The van der Waals surface area contributed by atoms with E-state index in [1.54, 1.807) is 37.6 Å². The molecule has 0 unspecified atom stereocenters. The SMILES string of the molecule is COc1cccc(-c2ccc3c(c2)c(C#N)cn3-c2ccc(C(=O)O)cc2)c1. The minimum atomic E-state index is -0.968. The van der Waals surface area contributed by atoms with Gasteiger partial charge in [-0.1, -0.05) is 18.2 Å². The summed E-state index contributed by atoms with van der Waals surface area (Å²) >= 11 is 0. The zero-order valence-corrected chi connectivity index (χ0v) is 15.1. The second-order valence-electron chi connectivity index (χ2n) is 6.34. The molecule has 5 nitrogen and oxygen atoms in total. The van der Waals surface area contributed by atoms with E-state index < -0.39 is 5.97 Å². The number of ether oxygens (including phenoxy) is 1. The van der Waals surface area contributed by atoms with Crippen LogP contribution in [0.5, 0.6) is 5.75 Å². The number of nitrogens with zero attached hydrogens (tertiary/aromatic N) is 2. The van der Waals surface area contributed by atoms with Gasteiger partial charge in [0.1, 0.15) is 11.8 Å². The summed E-state index contributed by atoms with van der Waals surface area (Å²) in [6.45, 7) is 0. The lowest BCUT2D eigenvalue weighted by Gasteiger charge is -2.08. The normalized spacial score (nSPS) is 10.6. The molecule has 0 aliphatic carbocycles.